The van der Waals surface area contributed by atoms with Gasteiger partial charge in [-0.25, -0.2) is 4.79 Å². The molecule has 0 aliphatic heterocycles. The lowest BCUT2D eigenvalue weighted by Crippen LogP contribution is -2.48. The first kappa shape index (κ1) is 18.5. The van der Waals surface area contributed by atoms with Gasteiger partial charge in [0.05, 0.1) is 13.2 Å². The molecule has 2 aromatic carbocycles. The SMILES string of the molecule is C=CCOCC(NC(=O)C(C)Oc1cccc2ccccc12)C(=O)O. The Morgan fingerprint density at radius 1 is 1.24 bits per heavy atom. The molecule has 132 valence electrons. The van der Waals surface area contributed by atoms with Gasteiger partial charge < -0.3 is 19.9 Å². The van der Waals surface area contributed by atoms with Gasteiger partial charge in [0, 0.05) is 5.39 Å². The molecule has 0 aliphatic rings. The van der Waals surface area contributed by atoms with Crippen LogP contribution in [0.1, 0.15) is 6.92 Å². The van der Waals surface area contributed by atoms with Crippen molar-refractivity contribution in [2.24, 2.45) is 0 Å². The quantitative estimate of drug-likeness (QED) is 0.539. The lowest BCUT2D eigenvalue weighted by atomic mass is 10.1. The minimum absolute atomic E-state index is 0.145. The van der Waals surface area contributed by atoms with E-state index in [9.17, 15) is 14.7 Å². The maximum atomic E-state index is 12.3. The van der Waals surface area contributed by atoms with E-state index in [2.05, 4.69) is 11.9 Å². The van der Waals surface area contributed by atoms with Crippen LogP contribution >= 0.6 is 0 Å². The van der Waals surface area contributed by atoms with Gasteiger partial charge >= 0.3 is 5.97 Å². The standard InChI is InChI=1S/C19H21NO5/c1-3-11-24-12-16(19(22)23)20-18(21)13(2)25-17-10-6-8-14-7-4-5-9-15(14)17/h3-10,13,16H,1,11-12H2,2H3,(H,20,21)(H,22,23). The zero-order valence-corrected chi connectivity index (χ0v) is 14.0. The third kappa shape index (κ3) is 5.06. The predicted molar refractivity (Wildman–Crippen MR) is 94.6 cm³/mol. The van der Waals surface area contributed by atoms with E-state index in [0.29, 0.717) is 5.75 Å². The topological polar surface area (TPSA) is 84.9 Å². The number of nitrogens with one attached hydrogen (secondary N) is 1. The van der Waals surface area contributed by atoms with Crippen LogP contribution in [0.3, 0.4) is 0 Å². The van der Waals surface area contributed by atoms with Gasteiger partial charge in [0.2, 0.25) is 0 Å². The molecule has 2 N–H and O–H groups in total. The number of amides is 1. The van der Waals surface area contributed by atoms with Gasteiger partial charge in [-0.15, -0.1) is 6.58 Å². The molecule has 0 saturated heterocycles. The molecular weight excluding hydrogens is 322 g/mol. The normalized spacial score (nSPS) is 13.0. The first-order chi connectivity index (χ1) is 12.0. The Hall–Kier alpha value is -2.86. The van der Waals surface area contributed by atoms with Crippen molar-refractivity contribution in [3.63, 3.8) is 0 Å². The summed E-state index contributed by atoms with van der Waals surface area (Å²) >= 11 is 0. The highest BCUT2D eigenvalue weighted by Gasteiger charge is 2.24. The van der Waals surface area contributed by atoms with Crippen LogP contribution in [-0.2, 0) is 14.3 Å². The highest BCUT2D eigenvalue weighted by Crippen LogP contribution is 2.26. The third-order valence-corrected chi connectivity index (χ3v) is 3.56. The largest absolute Gasteiger partial charge is 0.480 e. The van der Waals surface area contributed by atoms with Gasteiger partial charge in [-0.05, 0) is 18.4 Å². The molecular formula is C19H21NO5. The van der Waals surface area contributed by atoms with Gasteiger partial charge in [-0.1, -0.05) is 42.5 Å². The van der Waals surface area contributed by atoms with Crippen molar-refractivity contribution in [3.8, 4) is 5.75 Å². The summed E-state index contributed by atoms with van der Waals surface area (Å²) < 4.78 is 10.8. The maximum Gasteiger partial charge on any atom is 0.328 e. The van der Waals surface area contributed by atoms with Crippen LogP contribution in [-0.4, -0.2) is 42.3 Å². The highest BCUT2D eigenvalue weighted by atomic mass is 16.5. The number of ether oxygens (including phenoxy) is 2. The van der Waals surface area contributed by atoms with Crippen molar-refractivity contribution in [2.75, 3.05) is 13.2 Å². The predicted octanol–water partition coefficient (Wildman–Crippen LogP) is 2.38. The van der Waals surface area contributed by atoms with Crippen LogP contribution in [0.25, 0.3) is 10.8 Å². The number of hydrogen-bond donors (Lipinski definition) is 2. The van der Waals surface area contributed by atoms with E-state index in [0.717, 1.165) is 10.8 Å². The Bertz CT molecular complexity index is 753. The Kier molecular flexibility index (Phi) is 6.54. The van der Waals surface area contributed by atoms with E-state index in [4.69, 9.17) is 9.47 Å². The molecule has 0 heterocycles. The summed E-state index contributed by atoms with van der Waals surface area (Å²) in [5.74, 6) is -1.13. The molecule has 0 aliphatic carbocycles. The molecule has 2 unspecified atom stereocenters. The first-order valence-electron chi connectivity index (χ1n) is 7.89. The highest BCUT2D eigenvalue weighted by molar-refractivity contribution is 5.90. The molecule has 2 atom stereocenters. The average Bonchev–Trinajstić information content (AvgIpc) is 2.61. The number of carbonyl (C=O) groups is 2. The van der Waals surface area contributed by atoms with Crippen LogP contribution in [0.5, 0.6) is 5.75 Å². The second kappa shape index (κ2) is 8.84. The molecule has 0 fully saturated rings. The molecule has 6 heteroatoms. The van der Waals surface area contributed by atoms with E-state index in [1.54, 1.807) is 13.0 Å². The number of aliphatic carboxylic acids is 1. The number of carbonyl (C=O) groups excluding carboxylic acids is 1. The molecule has 2 rings (SSSR count). The number of rotatable bonds is 9. The molecule has 25 heavy (non-hydrogen) atoms. The Morgan fingerprint density at radius 3 is 2.68 bits per heavy atom. The Morgan fingerprint density at radius 2 is 1.96 bits per heavy atom. The zero-order chi connectivity index (χ0) is 18.2. The molecule has 0 aromatic heterocycles. The maximum absolute atomic E-state index is 12.3. The molecule has 0 spiro atoms. The van der Waals surface area contributed by atoms with Crippen LogP contribution < -0.4 is 10.1 Å². The fourth-order valence-electron chi connectivity index (χ4n) is 2.28. The molecule has 1 amide bonds. The summed E-state index contributed by atoms with van der Waals surface area (Å²) in [6.07, 6.45) is 0.652. The molecule has 2 aromatic rings. The second-order valence-corrected chi connectivity index (χ2v) is 5.46. The summed E-state index contributed by atoms with van der Waals surface area (Å²) in [7, 11) is 0. The van der Waals surface area contributed by atoms with Crippen molar-refractivity contribution >= 4 is 22.6 Å². The van der Waals surface area contributed by atoms with Gasteiger partial charge in [0.1, 0.15) is 5.75 Å². The van der Waals surface area contributed by atoms with Crippen molar-refractivity contribution < 1.29 is 24.2 Å². The van der Waals surface area contributed by atoms with Crippen molar-refractivity contribution in [1.82, 2.24) is 5.32 Å². The fraction of sp³-hybridized carbons (Fsp3) is 0.263. The second-order valence-electron chi connectivity index (χ2n) is 5.46. The van der Waals surface area contributed by atoms with Crippen LogP contribution in [0.15, 0.2) is 55.1 Å². The third-order valence-electron chi connectivity index (χ3n) is 3.56. The number of benzene rings is 2. The number of fused-ring (bicyclic) bond motifs is 1. The van der Waals surface area contributed by atoms with E-state index in [-0.39, 0.29) is 13.2 Å². The van der Waals surface area contributed by atoms with Gasteiger partial charge in [0.15, 0.2) is 12.1 Å². The summed E-state index contributed by atoms with van der Waals surface area (Å²) in [6, 6.07) is 12.1. The van der Waals surface area contributed by atoms with Crippen LogP contribution in [0.4, 0.5) is 0 Å². The summed E-state index contributed by atoms with van der Waals surface area (Å²) in [5, 5.41) is 13.5. The summed E-state index contributed by atoms with van der Waals surface area (Å²) in [5.41, 5.74) is 0. The number of hydrogen-bond acceptors (Lipinski definition) is 4. The van der Waals surface area contributed by atoms with Crippen molar-refractivity contribution in [2.45, 2.75) is 19.1 Å². The Balaban J connectivity index is 2.03. The molecule has 0 radical (unpaired) electrons. The van der Waals surface area contributed by atoms with E-state index in [1.807, 2.05) is 36.4 Å². The van der Waals surface area contributed by atoms with E-state index in [1.165, 1.54) is 6.08 Å². The lowest BCUT2D eigenvalue weighted by Gasteiger charge is -2.19. The minimum Gasteiger partial charge on any atom is -0.480 e. The first-order valence-corrected chi connectivity index (χ1v) is 7.89. The van der Waals surface area contributed by atoms with Gasteiger partial charge in [0.25, 0.3) is 5.91 Å². The summed E-state index contributed by atoms with van der Waals surface area (Å²) in [4.78, 5) is 23.5. The molecule has 6 nitrogen and oxygen atoms in total. The van der Waals surface area contributed by atoms with E-state index >= 15 is 0 Å². The zero-order valence-electron chi connectivity index (χ0n) is 14.0. The number of carboxylic acid groups (broad SMARTS) is 1. The minimum atomic E-state index is -1.17. The monoisotopic (exact) mass is 343 g/mol. The van der Waals surface area contributed by atoms with E-state index < -0.39 is 24.0 Å². The van der Waals surface area contributed by atoms with Crippen LogP contribution in [0.2, 0.25) is 0 Å². The summed E-state index contributed by atoms with van der Waals surface area (Å²) in [6.45, 7) is 5.12. The molecule has 0 bridgehead atoms. The average molecular weight is 343 g/mol. The van der Waals surface area contributed by atoms with Crippen molar-refractivity contribution in [3.05, 3.63) is 55.1 Å². The van der Waals surface area contributed by atoms with Gasteiger partial charge in [-0.2, -0.15) is 0 Å². The lowest BCUT2D eigenvalue weighted by molar-refractivity contribution is -0.144. The Labute approximate surface area is 146 Å². The molecule has 0 saturated carbocycles. The van der Waals surface area contributed by atoms with Gasteiger partial charge in [-0.3, -0.25) is 4.79 Å². The van der Waals surface area contributed by atoms with Crippen molar-refractivity contribution in [1.29, 1.82) is 0 Å². The smallest absolute Gasteiger partial charge is 0.328 e. The fourth-order valence-corrected chi connectivity index (χ4v) is 2.28. The van der Waals surface area contributed by atoms with Crippen LogP contribution in [0, 0.1) is 0 Å². The number of carboxylic acids is 1.